The predicted octanol–water partition coefficient (Wildman–Crippen LogP) is 4.07. The molecule has 1 aliphatic rings. The summed E-state index contributed by atoms with van der Waals surface area (Å²) in [4.78, 5) is 12.4. The fourth-order valence-corrected chi connectivity index (χ4v) is 2.81. The SMILES string of the molecule is CC(c1cccc(C(F)(F)F)c1NC=O)N1CCC(F)(F)CC1. The zero-order chi connectivity index (χ0) is 17.3. The van der Waals surface area contributed by atoms with Crippen molar-refractivity contribution in [2.45, 2.75) is 37.9 Å². The van der Waals surface area contributed by atoms with E-state index in [0.717, 1.165) is 6.07 Å². The van der Waals surface area contributed by atoms with Crippen molar-refractivity contribution >= 4 is 12.1 Å². The van der Waals surface area contributed by atoms with Crippen LogP contribution < -0.4 is 5.32 Å². The highest BCUT2D eigenvalue weighted by Crippen LogP contribution is 2.40. The molecule has 1 unspecified atom stereocenters. The Morgan fingerprint density at radius 2 is 1.87 bits per heavy atom. The van der Waals surface area contributed by atoms with E-state index in [1.54, 1.807) is 11.8 Å². The lowest BCUT2D eigenvalue weighted by atomic mass is 9.97. The summed E-state index contributed by atoms with van der Waals surface area (Å²) in [6, 6.07) is 3.09. The van der Waals surface area contributed by atoms with Crippen LogP contribution in [0.15, 0.2) is 18.2 Å². The van der Waals surface area contributed by atoms with Gasteiger partial charge in [-0.3, -0.25) is 9.69 Å². The smallest absolute Gasteiger partial charge is 0.328 e. The Labute approximate surface area is 130 Å². The molecule has 3 nitrogen and oxygen atoms in total. The summed E-state index contributed by atoms with van der Waals surface area (Å²) in [5, 5.41) is 2.11. The summed E-state index contributed by atoms with van der Waals surface area (Å²) in [5.41, 5.74) is -1.01. The van der Waals surface area contributed by atoms with E-state index in [4.69, 9.17) is 0 Å². The van der Waals surface area contributed by atoms with Crippen LogP contribution in [0.2, 0.25) is 0 Å². The molecule has 1 atom stereocenters. The number of halogens is 5. The molecule has 1 fully saturated rings. The molecule has 1 N–H and O–H groups in total. The molecule has 0 saturated carbocycles. The number of hydrogen-bond donors (Lipinski definition) is 1. The number of para-hydroxylation sites is 1. The van der Waals surface area contributed by atoms with Crippen LogP contribution >= 0.6 is 0 Å². The number of nitrogens with zero attached hydrogens (tertiary/aromatic N) is 1. The highest BCUT2D eigenvalue weighted by molar-refractivity contribution is 5.76. The van der Waals surface area contributed by atoms with Crippen LogP contribution in [0.3, 0.4) is 0 Å². The first-order chi connectivity index (χ1) is 10.7. The van der Waals surface area contributed by atoms with Crippen LogP contribution in [0, 0.1) is 0 Å². The Morgan fingerprint density at radius 3 is 2.39 bits per heavy atom. The van der Waals surface area contributed by atoms with E-state index in [2.05, 4.69) is 5.32 Å². The number of piperidine rings is 1. The van der Waals surface area contributed by atoms with Crippen molar-refractivity contribution in [1.82, 2.24) is 4.90 Å². The molecule has 0 radical (unpaired) electrons. The first kappa shape index (κ1) is 17.7. The second-order valence-electron chi connectivity index (χ2n) is 5.60. The fraction of sp³-hybridized carbons (Fsp3) is 0.533. The Hall–Kier alpha value is -1.70. The Kier molecular flexibility index (Phi) is 4.93. The molecule has 0 aliphatic carbocycles. The molecule has 1 heterocycles. The van der Waals surface area contributed by atoms with Gasteiger partial charge in [0.05, 0.1) is 11.3 Å². The number of likely N-dealkylation sites (tertiary alicyclic amines) is 1. The van der Waals surface area contributed by atoms with Gasteiger partial charge in [0.15, 0.2) is 0 Å². The zero-order valence-corrected chi connectivity index (χ0v) is 12.5. The van der Waals surface area contributed by atoms with E-state index < -0.39 is 23.7 Å². The van der Waals surface area contributed by atoms with Crippen molar-refractivity contribution in [2.24, 2.45) is 0 Å². The standard InChI is InChI=1S/C15H17F5N2O/c1-10(22-7-5-14(16,17)6-8-22)11-3-2-4-12(15(18,19)20)13(11)21-9-23/h2-4,9-10H,5-8H2,1H3,(H,21,23). The highest BCUT2D eigenvalue weighted by Gasteiger charge is 2.38. The number of carbonyl (C=O) groups is 1. The van der Waals surface area contributed by atoms with Crippen molar-refractivity contribution in [3.8, 4) is 0 Å². The maximum Gasteiger partial charge on any atom is 0.418 e. The van der Waals surface area contributed by atoms with Crippen LogP contribution in [0.5, 0.6) is 0 Å². The molecule has 1 aromatic rings. The number of alkyl halides is 5. The van der Waals surface area contributed by atoms with Crippen LogP contribution in [0.25, 0.3) is 0 Å². The number of nitrogens with one attached hydrogen (secondary N) is 1. The van der Waals surface area contributed by atoms with Gasteiger partial charge in [-0.15, -0.1) is 0 Å². The molecule has 1 aliphatic heterocycles. The summed E-state index contributed by atoms with van der Waals surface area (Å²) in [5.74, 6) is -2.73. The van der Waals surface area contributed by atoms with Crippen LogP contribution in [-0.4, -0.2) is 30.3 Å². The lowest BCUT2D eigenvalue weighted by Crippen LogP contribution is -2.40. The van der Waals surface area contributed by atoms with Crippen LogP contribution in [0.4, 0.5) is 27.6 Å². The minimum Gasteiger partial charge on any atom is -0.328 e. The molecule has 1 saturated heterocycles. The number of benzene rings is 1. The molecule has 0 bridgehead atoms. The number of rotatable bonds is 4. The van der Waals surface area contributed by atoms with Crippen molar-refractivity contribution in [1.29, 1.82) is 0 Å². The zero-order valence-electron chi connectivity index (χ0n) is 12.5. The summed E-state index contributed by atoms with van der Waals surface area (Å²) in [6.07, 6.45) is -5.08. The lowest BCUT2D eigenvalue weighted by Gasteiger charge is -2.36. The molecular formula is C15H17F5N2O. The van der Waals surface area contributed by atoms with E-state index >= 15 is 0 Å². The minimum atomic E-state index is -4.62. The van der Waals surface area contributed by atoms with Crippen LogP contribution in [0.1, 0.15) is 36.9 Å². The van der Waals surface area contributed by atoms with E-state index in [1.807, 2.05) is 0 Å². The third-order valence-corrected chi connectivity index (χ3v) is 4.13. The summed E-state index contributed by atoms with van der Waals surface area (Å²) in [6.45, 7) is 1.82. The molecule has 0 spiro atoms. The molecule has 2 rings (SSSR count). The van der Waals surface area contributed by atoms with Crippen molar-refractivity contribution < 1.29 is 26.7 Å². The van der Waals surface area contributed by atoms with Gasteiger partial charge < -0.3 is 5.32 Å². The van der Waals surface area contributed by atoms with Gasteiger partial charge >= 0.3 is 6.18 Å². The molecular weight excluding hydrogens is 319 g/mol. The highest BCUT2D eigenvalue weighted by atomic mass is 19.4. The normalized spacial score (nSPS) is 20.1. The molecule has 1 aromatic carbocycles. The van der Waals surface area contributed by atoms with Crippen molar-refractivity contribution in [2.75, 3.05) is 18.4 Å². The Bertz CT molecular complexity index is 563. The van der Waals surface area contributed by atoms with Gasteiger partial charge in [0.2, 0.25) is 6.41 Å². The van der Waals surface area contributed by atoms with E-state index in [-0.39, 0.29) is 43.6 Å². The first-order valence-electron chi connectivity index (χ1n) is 7.18. The minimum absolute atomic E-state index is 0.0882. The second-order valence-corrected chi connectivity index (χ2v) is 5.60. The molecule has 8 heteroatoms. The summed E-state index contributed by atoms with van der Waals surface area (Å²) < 4.78 is 65.7. The quantitative estimate of drug-likeness (QED) is 0.664. The van der Waals surface area contributed by atoms with Gasteiger partial charge in [-0.2, -0.15) is 13.2 Å². The predicted molar refractivity (Wildman–Crippen MR) is 75.3 cm³/mol. The largest absolute Gasteiger partial charge is 0.418 e. The fourth-order valence-electron chi connectivity index (χ4n) is 2.81. The third kappa shape index (κ3) is 3.99. The van der Waals surface area contributed by atoms with Gasteiger partial charge in [0, 0.05) is 32.0 Å². The average Bonchev–Trinajstić information content (AvgIpc) is 2.46. The molecule has 23 heavy (non-hydrogen) atoms. The number of hydrogen-bond acceptors (Lipinski definition) is 2. The Morgan fingerprint density at radius 1 is 1.26 bits per heavy atom. The number of amides is 1. The van der Waals surface area contributed by atoms with Gasteiger partial charge in [-0.05, 0) is 18.6 Å². The van der Waals surface area contributed by atoms with Gasteiger partial charge in [-0.25, -0.2) is 8.78 Å². The van der Waals surface area contributed by atoms with E-state index in [9.17, 15) is 26.7 Å². The van der Waals surface area contributed by atoms with Gasteiger partial charge in [0.1, 0.15) is 0 Å². The topological polar surface area (TPSA) is 32.3 Å². The average molecular weight is 336 g/mol. The summed E-state index contributed by atoms with van der Waals surface area (Å²) >= 11 is 0. The van der Waals surface area contributed by atoms with Gasteiger partial charge in [-0.1, -0.05) is 12.1 Å². The number of carbonyl (C=O) groups excluding carboxylic acids is 1. The lowest BCUT2D eigenvalue weighted by molar-refractivity contribution is -0.137. The third-order valence-electron chi connectivity index (χ3n) is 4.13. The van der Waals surface area contributed by atoms with Crippen LogP contribution in [-0.2, 0) is 11.0 Å². The van der Waals surface area contributed by atoms with Crippen molar-refractivity contribution in [3.63, 3.8) is 0 Å². The molecule has 128 valence electrons. The maximum atomic E-state index is 13.2. The second kappa shape index (κ2) is 6.43. The Balaban J connectivity index is 2.33. The van der Waals surface area contributed by atoms with E-state index in [1.165, 1.54) is 12.1 Å². The first-order valence-corrected chi connectivity index (χ1v) is 7.18. The summed E-state index contributed by atoms with van der Waals surface area (Å²) in [7, 11) is 0. The van der Waals surface area contributed by atoms with Crippen molar-refractivity contribution in [3.05, 3.63) is 29.3 Å². The molecule has 0 aromatic heterocycles. The van der Waals surface area contributed by atoms with Gasteiger partial charge in [0.25, 0.3) is 5.92 Å². The monoisotopic (exact) mass is 336 g/mol. The number of anilines is 1. The molecule has 1 amide bonds. The van der Waals surface area contributed by atoms with E-state index in [0.29, 0.717) is 0 Å². The maximum absolute atomic E-state index is 13.2.